The molecule has 0 radical (unpaired) electrons. The number of hydrogen-bond donors (Lipinski definition) is 1. The average molecular weight is 440 g/mol. The summed E-state index contributed by atoms with van der Waals surface area (Å²) in [5.41, 5.74) is 2.29. The van der Waals surface area contributed by atoms with Crippen molar-refractivity contribution in [3.8, 4) is 0 Å². The lowest BCUT2D eigenvalue weighted by Crippen LogP contribution is -2.46. The Morgan fingerprint density at radius 2 is 1.82 bits per heavy atom. The first kappa shape index (κ1) is 19.0. The second kappa shape index (κ2) is 8.33. The maximum atomic E-state index is 11.5. The molecule has 5 heteroatoms. The van der Waals surface area contributed by atoms with Crippen LogP contribution < -0.4 is 0 Å². The van der Waals surface area contributed by atoms with Gasteiger partial charge >= 0.3 is 6.09 Å². The van der Waals surface area contributed by atoms with Gasteiger partial charge in [-0.2, -0.15) is 0 Å². The minimum absolute atomic E-state index is 0.169. The summed E-state index contributed by atoms with van der Waals surface area (Å²) in [6, 6.07) is 22.8. The Hall–Kier alpha value is -2.37. The molecule has 2 atom stereocenters. The fourth-order valence-corrected chi connectivity index (χ4v) is 4.15. The lowest BCUT2D eigenvalue weighted by Gasteiger charge is -2.37. The van der Waals surface area contributed by atoms with Gasteiger partial charge in [0.1, 0.15) is 0 Å². The normalized spacial score (nSPS) is 19.7. The first-order chi connectivity index (χ1) is 13.6. The Morgan fingerprint density at radius 3 is 2.57 bits per heavy atom. The molecule has 28 heavy (non-hydrogen) atoms. The van der Waals surface area contributed by atoms with E-state index in [1.165, 1.54) is 21.2 Å². The summed E-state index contributed by atoms with van der Waals surface area (Å²) in [4.78, 5) is 12.9. The molecule has 1 saturated heterocycles. The van der Waals surface area contributed by atoms with Crippen molar-refractivity contribution in [2.45, 2.75) is 25.0 Å². The van der Waals surface area contributed by atoms with Crippen molar-refractivity contribution < 1.29 is 14.6 Å². The van der Waals surface area contributed by atoms with Gasteiger partial charge < -0.3 is 14.7 Å². The number of amides is 1. The topological polar surface area (TPSA) is 49.8 Å². The van der Waals surface area contributed by atoms with Crippen LogP contribution in [0.4, 0.5) is 4.79 Å². The number of halogens is 1. The molecule has 0 saturated carbocycles. The van der Waals surface area contributed by atoms with E-state index < -0.39 is 6.09 Å². The minimum atomic E-state index is -0.881. The van der Waals surface area contributed by atoms with Gasteiger partial charge in [-0.25, -0.2) is 4.79 Å². The summed E-state index contributed by atoms with van der Waals surface area (Å²) in [5, 5.41) is 11.8. The second-order valence-electron chi connectivity index (χ2n) is 7.21. The van der Waals surface area contributed by atoms with Crippen LogP contribution in [0.5, 0.6) is 0 Å². The first-order valence-corrected chi connectivity index (χ1v) is 10.2. The molecule has 1 N–H and O–H groups in total. The number of nitrogens with zero attached hydrogens (tertiary/aromatic N) is 1. The van der Waals surface area contributed by atoms with E-state index in [1.54, 1.807) is 0 Å². The Kier molecular flexibility index (Phi) is 5.64. The van der Waals surface area contributed by atoms with Crippen LogP contribution in [0.15, 0.2) is 71.2 Å². The van der Waals surface area contributed by atoms with Gasteiger partial charge in [0.2, 0.25) is 0 Å². The zero-order valence-corrected chi connectivity index (χ0v) is 17.0. The van der Waals surface area contributed by atoms with Gasteiger partial charge in [-0.3, -0.25) is 0 Å². The van der Waals surface area contributed by atoms with Crippen LogP contribution in [0.3, 0.4) is 0 Å². The zero-order chi connectivity index (χ0) is 19.5. The monoisotopic (exact) mass is 439 g/mol. The third-order valence-corrected chi connectivity index (χ3v) is 5.93. The Balaban J connectivity index is 1.53. The molecule has 1 aliphatic rings. The fourth-order valence-electron chi connectivity index (χ4n) is 3.88. The van der Waals surface area contributed by atoms with E-state index in [2.05, 4.69) is 58.4 Å². The molecule has 0 spiro atoms. The molecule has 2 unspecified atom stereocenters. The summed E-state index contributed by atoms with van der Waals surface area (Å²) in [7, 11) is 0. The third-order valence-electron chi connectivity index (χ3n) is 5.41. The van der Waals surface area contributed by atoms with Crippen LogP contribution in [0.1, 0.15) is 23.5 Å². The quantitative estimate of drug-likeness (QED) is 0.570. The number of rotatable bonds is 4. The van der Waals surface area contributed by atoms with Crippen LogP contribution in [-0.4, -0.2) is 35.3 Å². The van der Waals surface area contributed by atoms with E-state index in [4.69, 9.17) is 4.74 Å². The highest BCUT2D eigenvalue weighted by Crippen LogP contribution is 2.32. The number of carboxylic acid groups (broad SMARTS) is 1. The van der Waals surface area contributed by atoms with Crippen molar-refractivity contribution >= 4 is 32.8 Å². The Bertz CT molecular complexity index is 973. The molecule has 3 aromatic rings. The number of piperidine rings is 1. The van der Waals surface area contributed by atoms with Gasteiger partial charge in [0.15, 0.2) is 0 Å². The van der Waals surface area contributed by atoms with Crippen molar-refractivity contribution in [3.05, 3.63) is 82.3 Å². The number of ether oxygens (including phenoxy) is 1. The van der Waals surface area contributed by atoms with Crippen molar-refractivity contribution in [1.29, 1.82) is 0 Å². The van der Waals surface area contributed by atoms with E-state index in [-0.39, 0.29) is 12.0 Å². The SMILES string of the molecule is O=C(O)N1CCC(c2ccc(Br)cc2)C(OCc2ccc3ccccc3c2)C1. The molecule has 144 valence electrons. The number of carbonyl (C=O) groups is 1. The van der Waals surface area contributed by atoms with E-state index in [1.807, 2.05) is 24.3 Å². The number of fused-ring (bicyclic) bond motifs is 1. The molecule has 1 heterocycles. The average Bonchev–Trinajstić information content (AvgIpc) is 2.72. The van der Waals surface area contributed by atoms with E-state index >= 15 is 0 Å². The highest BCUT2D eigenvalue weighted by atomic mass is 79.9. The van der Waals surface area contributed by atoms with Crippen LogP contribution in [0.25, 0.3) is 10.8 Å². The second-order valence-corrected chi connectivity index (χ2v) is 8.12. The van der Waals surface area contributed by atoms with Crippen LogP contribution in [0, 0.1) is 0 Å². The smallest absolute Gasteiger partial charge is 0.407 e. The summed E-state index contributed by atoms with van der Waals surface area (Å²) in [6.07, 6.45) is -0.290. The fraction of sp³-hybridized carbons (Fsp3) is 0.261. The molecular formula is C23H22BrNO3. The van der Waals surface area contributed by atoms with Crippen molar-refractivity contribution in [1.82, 2.24) is 4.90 Å². The molecule has 0 aromatic heterocycles. The molecule has 0 aliphatic carbocycles. The van der Waals surface area contributed by atoms with Gasteiger partial charge in [0.25, 0.3) is 0 Å². The molecule has 0 bridgehead atoms. The lowest BCUT2D eigenvalue weighted by atomic mass is 9.87. The van der Waals surface area contributed by atoms with Gasteiger partial charge in [-0.05, 0) is 46.5 Å². The lowest BCUT2D eigenvalue weighted by molar-refractivity contribution is -0.0199. The summed E-state index contributed by atoms with van der Waals surface area (Å²) in [5.74, 6) is 0.184. The summed E-state index contributed by atoms with van der Waals surface area (Å²) >= 11 is 3.48. The van der Waals surface area contributed by atoms with E-state index in [0.29, 0.717) is 19.7 Å². The van der Waals surface area contributed by atoms with Crippen molar-refractivity contribution in [2.24, 2.45) is 0 Å². The molecule has 4 rings (SSSR count). The van der Waals surface area contributed by atoms with Crippen LogP contribution in [-0.2, 0) is 11.3 Å². The highest BCUT2D eigenvalue weighted by Gasteiger charge is 2.33. The van der Waals surface area contributed by atoms with E-state index in [0.717, 1.165) is 16.5 Å². The van der Waals surface area contributed by atoms with Crippen LogP contribution in [0.2, 0.25) is 0 Å². The van der Waals surface area contributed by atoms with Gasteiger partial charge in [0.05, 0.1) is 19.3 Å². The molecule has 3 aromatic carbocycles. The first-order valence-electron chi connectivity index (χ1n) is 9.43. The minimum Gasteiger partial charge on any atom is -0.465 e. The molecule has 4 nitrogen and oxygen atoms in total. The summed E-state index contributed by atoms with van der Waals surface area (Å²) < 4.78 is 7.31. The molecule has 1 amide bonds. The zero-order valence-electron chi connectivity index (χ0n) is 15.4. The molecular weight excluding hydrogens is 418 g/mol. The maximum absolute atomic E-state index is 11.5. The Labute approximate surface area is 172 Å². The number of hydrogen-bond acceptors (Lipinski definition) is 2. The van der Waals surface area contributed by atoms with Crippen molar-refractivity contribution in [3.63, 3.8) is 0 Å². The van der Waals surface area contributed by atoms with Crippen molar-refractivity contribution in [2.75, 3.05) is 13.1 Å². The van der Waals surface area contributed by atoms with Gasteiger partial charge in [-0.1, -0.05) is 64.5 Å². The predicted molar refractivity (Wildman–Crippen MR) is 114 cm³/mol. The summed E-state index contributed by atoms with van der Waals surface area (Å²) in [6.45, 7) is 1.39. The van der Waals surface area contributed by atoms with E-state index in [9.17, 15) is 9.90 Å². The Morgan fingerprint density at radius 1 is 1.07 bits per heavy atom. The molecule has 1 aliphatic heterocycles. The number of benzene rings is 3. The highest BCUT2D eigenvalue weighted by molar-refractivity contribution is 9.10. The van der Waals surface area contributed by atoms with Gasteiger partial charge in [-0.15, -0.1) is 0 Å². The largest absolute Gasteiger partial charge is 0.465 e. The van der Waals surface area contributed by atoms with Gasteiger partial charge in [0, 0.05) is 16.9 Å². The predicted octanol–water partition coefficient (Wildman–Crippen LogP) is 5.66. The maximum Gasteiger partial charge on any atom is 0.407 e. The molecule has 1 fully saturated rings. The standard InChI is InChI=1S/C23H22BrNO3/c24-20-9-7-18(8-10-20)21-11-12-25(23(26)27)14-22(21)28-15-16-5-6-17-3-1-2-4-19(17)13-16/h1-10,13,21-22H,11-12,14-15H2,(H,26,27). The van der Waals surface area contributed by atoms with Crippen LogP contribution >= 0.6 is 15.9 Å². The third kappa shape index (κ3) is 4.21. The number of likely N-dealkylation sites (tertiary alicyclic amines) is 1.